The van der Waals surface area contributed by atoms with Crippen LogP contribution in [-0.2, 0) is 14.6 Å². The molecule has 100 valence electrons. The summed E-state index contributed by atoms with van der Waals surface area (Å²) in [5.74, 6) is -1.68. The summed E-state index contributed by atoms with van der Waals surface area (Å²) in [4.78, 5) is 10.6. The Labute approximate surface area is 105 Å². The van der Waals surface area contributed by atoms with Crippen LogP contribution >= 0.6 is 0 Å². The van der Waals surface area contributed by atoms with Crippen molar-refractivity contribution in [2.75, 3.05) is 23.3 Å². The van der Waals surface area contributed by atoms with Crippen molar-refractivity contribution < 1.29 is 18.3 Å². The van der Waals surface area contributed by atoms with Crippen LogP contribution in [0.25, 0.3) is 0 Å². The van der Waals surface area contributed by atoms with E-state index >= 15 is 0 Å². The second kappa shape index (κ2) is 5.69. The van der Waals surface area contributed by atoms with Gasteiger partial charge in [-0.05, 0) is 24.3 Å². The molecule has 1 aromatic carbocycles. The van der Waals surface area contributed by atoms with E-state index in [0.717, 1.165) is 0 Å². The highest BCUT2D eigenvalue weighted by atomic mass is 32.2. The van der Waals surface area contributed by atoms with Gasteiger partial charge < -0.3 is 21.9 Å². The number of aliphatic hydroxyl groups is 1. The van der Waals surface area contributed by atoms with Crippen LogP contribution in [0.2, 0.25) is 0 Å². The third-order valence-corrected chi connectivity index (χ3v) is 3.90. The smallest absolute Gasteiger partial charge is 0.262 e. The molecule has 0 saturated heterocycles. The monoisotopic (exact) mass is 273 g/mol. The highest BCUT2D eigenvalue weighted by Gasteiger charge is 2.27. The van der Waals surface area contributed by atoms with E-state index in [2.05, 4.69) is 5.32 Å². The molecule has 0 heterocycles. The number of nitrogens with one attached hydrogen (secondary N) is 1. The Kier molecular flexibility index (Phi) is 4.51. The molecule has 0 saturated carbocycles. The number of hydrogen-bond donors (Lipinski definition) is 4. The number of aliphatic hydroxyl groups excluding tert-OH is 1. The number of amides is 1. The summed E-state index contributed by atoms with van der Waals surface area (Å²) >= 11 is 0. The Morgan fingerprint density at radius 3 is 2.39 bits per heavy atom. The average Bonchev–Trinajstić information content (AvgIpc) is 2.30. The van der Waals surface area contributed by atoms with Gasteiger partial charge in [0.05, 0.1) is 5.75 Å². The maximum absolute atomic E-state index is 11.4. The number of benzene rings is 1. The first kappa shape index (κ1) is 14.3. The molecule has 0 aliphatic heterocycles. The van der Waals surface area contributed by atoms with Crippen LogP contribution in [0.5, 0.6) is 0 Å². The van der Waals surface area contributed by atoms with Gasteiger partial charge in [-0.25, -0.2) is 8.42 Å². The molecule has 0 aliphatic carbocycles. The van der Waals surface area contributed by atoms with Gasteiger partial charge in [0.1, 0.15) is 0 Å². The molecule has 0 bridgehead atoms. The molecule has 0 radical (unpaired) electrons. The largest absolute Gasteiger partial charge is 0.399 e. The van der Waals surface area contributed by atoms with Crippen molar-refractivity contribution in [1.29, 1.82) is 0 Å². The molecule has 1 unspecified atom stereocenters. The van der Waals surface area contributed by atoms with Gasteiger partial charge in [0.25, 0.3) is 5.91 Å². The molecule has 7 nitrogen and oxygen atoms in total. The summed E-state index contributed by atoms with van der Waals surface area (Å²) in [5, 5.41) is 11.9. The summed E-state index contributed by atoms with van der Waals surface area (Å²) < 4.78 is 22.8. The average molecular weight is 273 g/mol. The van der Waals surface area contributed by atoms with Gasteiger partial charge in [-0.3, -0.25) is 4.79 Å². The van der Waals surface area contributed by atoms with E-state index in [1.165, 1.54) is 0 Å². The first-order chi connectivity index (χ1) is 8.33. The fraction of sp³-hybridized carbons (Fsp3) is 0.300. The third kappa shape index (κ3) is 3.90. The normalized spacial score (nSPS) is 12.9. The van der Waals surface area contributed by atoms with E-state index < -0.39 is 26.9 Å². The molecule has 18 heavy (non-hydrogen) atoms. The lowest BCUT2D eigenvalue weighted by Crippen LogP contribution is -2.38. The van der Waals surface area contributed by atoms with Crippen LogP contribution < -0.4 is 16.8 Å². The predicted octanol–water partition coefficient (Wildman–Crippen LogP) is -1.10. The maximum atomic E-state index is 11.4. The Morgan fingerprint density at radius 1 is 1.33 bits per heavy atom. The number of hydrogen-bond acceptors (Lipinski definition) is 6. The van der Waals surface area contributed by atoms with Crippen LogP contribution in [0.15, 0.2) is 24.3 Å². The lowest BCUT2D eigenvalue weighted by Gasteiger charge is -2.10. The molecular weight excluding hydrogens is 258 g/mol. The zero-order chi connectivity index (χ0) is 13.8. The molecule has 1 atom stereocenters. The van der Waals surface area contributed by atoms with E-state index in [-0.39, 0.29) is 6.54 Å². The van der Waals surface area contributed by atoms with Crippen LogP contribution in [-0.4, -0.2) is 37.2 Å². The fourth-order valence-corrected chi connectivity index (χ4v) is 2.19. The number of nitrogens with two attached hydrogens (primary N) is 2. The molecule has 1 aromatic rings. The zero-order valence-electron chi connectivity index (χ0n) is 9.54. The molecule has 0 aromatic heterocycles. The lowest BCUT2D eigenvalue weighted by atomic mass is 10.3. The predicted molar refractivity (Wildman–Crippen MR) is 68.3 cm³/mol. The molecule has 8 heteroatoms. The number of sulfone groups is 1. The van der Waals surface area contributed by atoms with Crippen molar-refractivity contribution in [3.05, 3.63) is 24.3 Å². The van der Waals surface area contributed by atoms with Crippen molar-refractivity contribution in [2.24, 2.45) is 5.73 Å². The summed E-state index contributed by atoms with van der Waals surface area (Å²) in [6.45, 7) is 0.0522. The van der Waals surface area contributed by atoms with Gasteiger partial charge in [-0.1, -0.05) is 0 Å². The van der Waals surface area contributed by atoms with Crippen molar-refractivity contribution in [3.63, 3.8) is 0 Å². The first-order valence-corrected chi connectivity index (χ1v) is 6.83. The standard InChI is InChI=1S/C10H15N3O4S/c11-7-1-3-8(4-2-7)13-5-6-18(16,17)10(15)9(12)14/h1-4,10,13,15H,5-6,11H2,(H2,12,14). The van der Waals surface area contributed by atoms with Crippen molar-refractivity contribution in [2.45, 2.75) is 5.44 Å². The van der Waals surface area contributed by atoms with Gasteiger partial charge in [0.15, 0.2) is 9.84 Å². The number of anilines is 2. The Balaban J connectivity index is 2.51. The molecule has 0 aliphatic rings. The van der Waals surface area contributed by atoms with Crippen molar-refractivity contribution >= 4 is 27.1 Å². The van der Waals surface area contributed by atoms with Gasteiger partial charge in [0.2, 0.25) is 5.44 Å². The molecule has 0 fully saturated rings. The highest BCUT2D eigenvalue weighted by Crippen LogP contribution is 2.10. The SMILES string of the molecule is NC(=O)C(O)S(=O)(=O)CCNc1ccc(N)cc1. The summed E-state index contributed by atoms with van der Waals surface area (Å²) in [6.07, 6.45) is 0. The lowest BCUT2D eigenvalue weighted by molar-refractivity contribution is -0.122. The zero-order valence-corrected chi connectivity index (χ0v) is 10.4. The maximum Gasteiger partial charge on any atom is 0.262 e. The summed E-state index contributed by atoms with van der Waals surface area (Å²) in [6, 6.07) is 6.70. The molecule has 0 spiro atoms. The minimum Gasteiger partial charge on any atom is -0.399 e. The quantitative estimate of drug-likeness (QED) is 0.486. The van der Waals surface area contributed by atoms with E-state index in [0.29, 0.717) is 11.4 Å². The first-order valence-electron chi connectivity index (χ1n) is 5.11. The molecular formula is C10H15N3O4S. The fourth-order valence-electron chi connectivity index (χ4n) is 1.23. The van der Waals surface area contributed by atoms with Gasteiger partial charge in [-0.15, -0.1) is 0 Å². The molecule has 1 amide bonds. The number of nitrogen functional groups attached to an aromatic ring is 1. The van der Waals surface area contributed by atoms with E-state index in [9.17, 15) is 13.2 Å². The van der Waals surface area contributed by atoms with Crippen LogP contribution in [0, 0.1) is 0 Å². The van der Waals surface area contributed by atoms with Crippen LogP contribution in [0.3, 0.4) is 0 Å². The van der Waals surface area contributed by atoms with Crippen LogP contribution in [0.1, 0.15) is 0 Å². The highest BCUT2D eigenvalue weighted by molar-refractivity contribution is 7.92. The van der Waals surface area contributed by atoms with Crippen LogP contribution in [0.4, 0.5) is 11.4 Å². The minimum absolute atomic E-state index is 0.0522. The van der Waals surface area contributed by atoms with E-state index in [1.807, 2.05) is 0 Å². The Morgan fingerprint density at radius 2 is 1.89 bits per heavy atom. The number of primary amides is 1. The second-order valence-electron chi connectivity index (χ2n) is 3.67. The number of carbonyl (C=O) groups is 1. The van der Waals surface area contributed by atoms with Gasteiger partial charge in [-0.2, -0.15) is 0 Å². The summed E-state index contributed by atoms with van der Waals surface area (Å²) in [5.41, 5.74) is 9.33. The Bertz CT molecular complexity index is 512. The topological polar surface area (TPSA) is 136 Å². The van der Waals surface area contributed by atoms with E-state index in [4.69, 9.17) is 16.6 Å². The minimum atomic E-state index is -3.94. The van der Waals surface area contributed by atoms with E-state index in [1.54, 1.807) is 24.3 Å². The van der Waals surface area contributed by atoms with Gasteiger partial charge >= 0.3 is 0 Å². The van der Waals surface area contributed by atoms with Crippen molar-refractivity contribution in [1.82, 2.24) is 0 Å². The number of rotatable bonds is 6. The van der Waals surface area contributed by atoms with Gasteiger partial charge in [0, 0.05) is 17.9 Å². The second-order valence-corrected chi connectivity index (χ2v) is 5.85. The summed E-state index contributed by atoms with van der Waals surface area (Å²) in [7, 11) is -3.94. The third-order valence-electron chi connectivity index (χ3n) is 2.21. The number of carbonyl (C=O) groups excluding carboxylic acids is 1. The Hall–Kier alpha value is -1.80. The molecule has 6 N–H and O–H groups in total. The van der Waals surface area contributed by atoms with Crippen molar-refractivity contribution in [3.8, 4) is 0 Å². The molecule has 1 rings (SSSR count).